The van der Waals surface area contributed by atoms with E-state index in [2.05, 4.69) is 10.2 Å². The van der Waals surface area contributed by atoms with E-state index in [4.69, 9.17) is 9.15 Å². The lowest BCUT2D eigenvalue weighted by molar-refractivity contribution is -0.135. The predicted octanol–water partition coefficient (Wildman–Crippen LogP) is 3.22. The maximum Gasteiger partial charge on any atom is 0.250 e. The zero-order valence-corrected chi connectivity index (χ0v) is 15.8. The number of aromatic nitrogens is 3. The number of nitrogens with zero attached hydrogens (tertiary/aromatic N) is 4. The maximum atomic E-state index is 12.7. The van der Waals surface area contributed by atoms with Crippen molar-refractivity contribution in [3.63, 3.8) is 0 Å². The molecule has 1 aliphatic rings. The van der Waals surface area contributed by atoms with Gasteiger partial charge in [0, 0.05) is 35.8 Å². The summed E-state index contributed by atoms with van der Waals surface area (Å²) < 4.78 is 13.2. The Hall–Kier alpha value is -3.45. The lowest BCUT2D eigenvalue weighted by Gasteiger charge is -2.27. The van der Waals surface area contributed by atoms with Gasteiger partial charge in [-0.3, -0.25) is 4.79 Å². The first-order valence-electron chi connectivity index (χ1n) is 9.62. The van der Waals surface area contributed by atoms with E-state index in [-0.39, 0.29) is 12.5 Å². The number of hydrogen-bond donors (Lipinski definition) is 0. The highest BCUT2D eigenvalue weighted by Crippen LogP contribution is 2.31. The Morgan fingerprint density at radius 2 is 1.66 bits per heavy atom. The van der Waals surface area contributed by atoms with Crippen LogP contribution in [0.25, 0.3) is 33.8 Å². The van der Waals surface area contributed by atoms with Crippen LogP contribution in [0.1, 0.15) is 0 Å². The van der Waals surface area contributed by atoms with Crippen LogP contribution in [-0.2, 0) is 16.1 Å². The summed E-state index contributed by atoms with van der Waals surface area (Å²) in [4.78, 5) is 14.6. The lowest BCUT2D eigenvalue weighted by Crippen LogP contribution is -2.42. The third-order valence-electron chi connectivity index (χ3n) is 5.13. The van der Waals surface area contributed by atoms with Gasteiger partial charge in [-0.25, -0.2) is 0 Å². The Labute approximate surface area is 167 Å². The van der Waals surface area contributed by atoms with Gasteiger partial charge in [-0.05, 0) is 18.2 Å². The van der Waals surface area contributed by atoms with Crippen LogP contribution in [0.5, 0.6) is 0 Å². The van der Waals surface area contributed by atoms with Crippen LogP contribution in [0, 0.1) is 0 Å². The van der Waals surface area contributed by atoms with Gasteiger partial charge in [0.05, 0.1) is 18.8 Å². The molecule has 0 bridgehead atoms. The van der Waals surface area contributed by atoms with Crippen molar-refractivity contribution < 1.29 is 13.9 Å². The van der Waals surface area contributed by atoms with E-state index < -0.39 is 0 Å². The van der Waals surface area contributed by atoms with Crippen molar-refractivity contribution in [2.24, 2.45) is 0 Å². The molecular weight excluding hydrogens is 368 g/mol. The molecule has 0 N–H and O–H groups in total. The van der Waals surface area contributed by atoms with Crippen molar-refractivity contribution in [1.29, 1.82) is 0 Å². The summed E-state index contributed by atoms with van der Waals surface area (Å²) >= 11 is 0. The molecule has 4 aromatic rings. The van der Waals surface area contributed by atoms with Crippen molar-refractivity contribution in [3.05, 3.63) is 60.8 Å². The number of carbonyl (C=O) groups excluding carboxylic acids is 1. The molecule has 0 saturated carbocycles. The standard InChI is InChI=1S/C22H20N4O3/c27-20(25-10-12-28-13-11-25)15-26-14-18(17-8-4-5-9-19(17)26)22-24-23-21(29-22)16-6-2-1-3-7-16/h1-9,14H,10-13,15H2. The monoisotopic (exact) mass is 388 g/mol. The average Bonchev–Trinajstić information content (AvgIpc) is 3.41. The molecule has 29 heavy (non-hydrogen) atoms. The molecule has 146 valence electrons. The molecule has 7 nitrogen and oxygen atoms in total. The SMILES string of the molecule is O=C(Cn1cc(-c2nnc(-c3ccccc3)o2)c2ccccc21)N1CCOCC1. The molecule has 0 spiro atoms. The van der Waals surface area contributed by atoms with E-state index in [0.717, 1.165) is 22.0 Å². The fourth-order valence-electron chi connectivity index (χ4n) is 3.64. The van der Waals surface area contributed by atoms with E-state index >= 15 is 0 Å². The highest BCUT2D eigenvalue weighted by molar-refractivity contribution is 5.95. The number of morpholine rings is 1. The normalized spacial score (nSPS) is 14.4. The molecule has 5 rings (SSSR count). The van der Waals surface area contributed by atoms with Crippen molar-refractivity contribution in [2.75, 3.05) is 26.3 Å². The molecule has 2 aromatic carbocycles. The Balaban J connectivity index is 1.49. The van der Waals surface area contributed by atoms with Gasteiger partial charge < -0.3 is 18.6 Å². The van der Waals surface area contributed by atoms with Gasteiger partial charge in [-0.15, -0.1) is 10.2 Å². The topological polar surface area (TPSA) is 73.4 Å². The van der Waals surface area contributed by atoms with Crippen LogP contribution in [0.15, 0.2) is 65.2 Å². The molecule has 1 amide bonds. The molecule has 0 aliphatic carbocycles. The van der Waals surface area contributed by atoms with Gasteiger partial charge in [-0.1, -0.05) is 36.4 Å². The highest BCUT2D eigenvalue weighted by atomic mass is 16.5. The Kier molecular flexibility index (Phi) is 4.57. The summed E-state index contributed by atoms with van der Waals surface area (Å²) in [5.74, 6) is 0.996. The summed E-state index contributed by atoms with van der Waals surface area (Å²) in [6.07, 6.45) is 1.92. The first kappa shape index (κ1) is 17.6. The highest BCUT2D eigenvalue weighted by Gasteiger charge is 2.21. The summed E-state index contributed by atoms with van der Waals surface area (Å²) in [6.45, 7) is 2.71. The second-order valence-corrected chi connectivity index (χ2v) is 6.96. The van der Waals surface area contributed by atoms with E-state index in [1.807, 2.05) is 70.3 Å². The number of benzene rings is 2. The molecule has 0 atom stereocenters. The van der Waals surface area contributed by atoms with Crippen molar-refractivity contribution in [2.45, 2.75) is 6.54 Å². The minimum absolute atomic E-state index is 0.0797. The third kappa shape index (κ3) is 3.40. The summed E-state index contributed by atoms with van der Waals surface area (Å²) in [7, 11) is 0. The van der Waals surface area contributed by atoms with Crippen LogP contribution < -0.4 is 0 Å². The summed E-state index contributed by atoms with van der Waals surface area (Å²) in [6, 6.07) is 17.6. The molecule has 2 aromatic heterocycles. The van der Waals surface area contributed by atoms with Gasteiger partial charge in [-0.2, -0.15) is 0 Å². The summed E-state index contributed by atoms with van der Waals surface area (Å²) in [5.41, 5.74) is 2.66. The zero-order valence-electron chi connectivity index (χ0n) is 15.8. The Morgan fingerprint density at radius 1 is 0.931 bits per heavy atom. The number of para-hydroxylation sites is 1. The van der Waals surface area contributed by atoms with Crippen LogP contribution in [-0.4, -0.2) is 51.9 Å². The Bertz CT molecular complexity index is 1140. The molecular formula is C22H20N4O3. The van der Waals surface area contributed by atoms with Crippen molar-refractivity contribution in [1.82, 2.24) is 19.7 Å². The molecule has 0 radical (unpaired) electrons. The zero-order chi connectivity index (χ0) is 19.6. The van der Waals surface area contributed by atoms with E-state index in [1.54, 1.807) is 0 Å². The fraction of sp³-hybridized carbons (Fsp3) is 0.227. The van der Waals surface area contributed by atoms with Gasteiger partial charge >= 0.3 is 0 Å². The fourth-order valence-corrected chi connectivity index (χ4v) is 3.64. The van der Waals surface area contributed by atoms with Crippen molar-refractivity contribution in [3.8, 4) is 22.9 Å². The molecule has 3 heterocycles. The van der Waals surface area contributed by atoms with Crippen LogP contribution in [0.4, 0.5) is 0 Å². The number of rotatable bonds is 4. The maximum absolute atomic E-state index is 12.7. The number of carbonyl (C=O) groups is 1. The quantitative estimate of drug-likeness (QED) is 0.537. The average molecular weight is 388 g/mol. The lowest BCUT2D eigenvalue weighted by atomic mass is 10.2. The van der Waals surface area contributed by atoms with Crippen molar-refractivity contribution >= 4 is 16.8 Å². The minimum atomic E-state index is 0.0797. The summed E-state index contributed by atoms with van der Waals surface area (Å²) in [5, 5.41) is 9.43. The number of fused-ring (bicyclic) bond motifs is 1. The molecule has 0 unspecified atom stereocenters. The molecule has 7 heteroatoms. The van der Waals surface area contributed by atoms with E-state index in [9.17, 15) is 4.79 Å². The number of amides is 1. The second kappa shape index (κ2) is 7.52. The van der Waals surface area contributed by atoms with Gasteiger partial charge in [0.25, 0.3) is 0 Å². The number of hydrogen-bond acceptors (Lipinski definition) is 5. The molecule has 1 fully saturated rings. The number of ether oxygens (including phenoxy) is 1. The third-order valence-corrected chi connectivity index (χ3v) is 5.13. The molecule has 1 aliphatic heterocycles. The van der Waals surface area contributed by atoms with E-state index in [0.29, 0.717) is 38.1 Å². The Morgan fingerprint density at radius 3 is 2.48 bits per heavy atom. The van der Waals surface area contributed by atoms with Crippen LogP contribution in [0.3, 0.4) is 0 Å². The van der Waals surface area contributed by atoms with Crippen LogP contribution in [0.2, 0.25) is 0 Å². The second-order valence-electron chi connectivity index (χ2n) is 6.96. The smallest absolute Gasteiger partial charge is 0.250 e. The van der Waals surface area contributed by atoms with E-state index in [1.165, 1.54) is 0 Å². The predicted molar refractivity (Wildman–Crippen MR) is 108 cm³/mol. The first-order chi connectivity index (χ1) is 14.3. The van der Waals surface area contributed by atoms with Gasteiger partial charge in [0.15, 0.2) is 0 Å². The van der Waals surface area contributed by atoms with Gasteiger partial charge in [0.1, 0.15) is 6.54 Å². The van der Waals surface area contributed by atoms with Crippen LogP contribution >= 0.6 is 0 Å². The largest absolute Gasteiger partial charge is 0.416 e. The molecule has 1 saturated heterocycles. The van der Waals surface area contributed by atoms with Gasteiger partial charge in [0.2, 0.25) is 17.7 Å². The minimum Gasteiger partial charge on any atom is -0.416 e. The first-order valence-corrected chi connectivity index (χ1v) is 9.62.